The van der Waals surface area contributed by atoms with Crippen LogP contribution in [0.4, 0.5) is 0 Å². The molecule has 0 saturated heterocycles. The fourth-order valence-electron chi connectivity index (χ4n) is 5.06. The zero-order valence-corrected chi connectivity index (χ0v) is 16.7. The molecule has 0 saturated carbocycles. The summed E-state index contributed by atoms with van der Waals surface area (Å²) in [5.74, 6) is 0.576. The second kappa shape index (κ2) is 5.16. The van der Waals surface area contributed by atoms with E-state index in [1.807, 2.05) is 38.7 Å². The average Bonchev–Trinajstić information content (AvgIpc) is 3.17. The Hall–Kier alpha value is -2.75. The van der Waals surface area contributed by atoms with Crippen LogP contribution >= 0.6 is 0 Å². The lowest BCUT2D eigenvalue weighted by atomic mass is 9.44. The first kappa shape index (κ1) is 17.7. The molecule has 0 radical (unpaired) electrons. The van der Waals surface area contributed by atoms with Gasteiger partial charge in [0.2, 0.25) is 0 Å². The SMILES string of the molecule is Cn1cnc(-c2c3c(nn2C)[C@@]2(C)C=C(C#N)C(=O)C(C)(C)[C@]2(C)CC3)n1. The van der Waals surface area contributed by atoms with E-state index in [-0.39, 0.29) is 16.8 Å². The van der Waals surface area contributed by atoms with E-state index in [0.717, 1.165) is 29.8 Å². The predicted octanol–water partition coefficient (Wildman–Crippen LogP) is 2.48. The maximum Gasteiger partial charge on any atom is 0.199 e. The minimum Gasteiger partial charge on any atom is -0.293 e. The lowest BCUT2D eigenvalue weighted by Crippen LogP contribution is -2.58. The second-order valence-electron chi connectivity index (χ2n) is 8.70. The van der Waals surface area contributed by atoms with Crippen molar-refractivity contribution in [3.8, 4) is 17.6 Å². The highest BCUT2D eigenvalue weighted by molar-refractivity contribution is 6.05. The molecule has 0 amide bonds. The van der Waals surface area contributed by atoms with Gasteiger partial charge in [-0.1, -0.05) is 26.8 Å². The molecular weight excluding hydrogens is 340 g/mol. The Morgan fingerprint density at radius 1 is 1.19 bits per heavy atom. The van der Waals surface area contributed by atoms with Crippen LogP contribution in [0.15, 0.2) is 18.0 Å². The molecule has 0 aliphatic heterocycles. The van der Waals surface area contributed by atoms with Gasteiger partial charge in [-0.25, -0.2) is 4.98 Å². The average molecular weight is 364 g/mol. The van der Waals surface area contributed by atoms with Crippen LogP contribution < -0.4 is 0 Å². The topological polar surface area (TPSA) is 89.4 Å². The lowest BCUT2D eigenvalue weighted by molar-refractivity contribution is -0.135. The molecule has 7 heteroatoms. The van der Waals surface area contributed by atoms with Crippen molar-refractivity contribution in [1.29, 1.82) is 5.26 Å². The molecule has 0 aromatic carbocycles. The highest BCUT2D eigenvalue weighted by Crippen LogP contribution is 2.63. The van der Waals surface area contributed by atoms with Gasteiger partial charge in [0.05, 0.1) is 11.3 Å². The second-order valence-corrected chi connectivity index (χ2v) is 8.70. The van der Waals surface area contributed by atoms with Crippen LogP contribution in [0.2, 0.25) is 0 Å². The van der Waals surface area contributed by atoms with Gasteiger partial charge in [-0.3, -0.25) is 14.2 Å². The summed E-state index contributed by atoms with van der Waals surface area (Å²) in [6.07, 6.45) is 5.16. The van der Waals surface area contributed by atoms with Crippen LogP contribution in [0, 0.1) is 22.2 Å². The van der Waals surface area contributed by atoms with E-state index in [4.69, 9.17) is 5.10 Å². The molecule has 140 valence electrons. The highest BCUT2D eigenvalue weighted by atomic mass is 16.1. The smallest absolute Gasteiger partial charge is 0.199 e. The summed E-state index contributed by atoms with van der Waals surface area (Å²) in [7, 11) is 3.74. The van der Waals surface area contributed by atoms with Gasteiger partial charge < -0.3 is 0 Å². The molecule has 2 aliphatic rings. The molecule has 7 nitrogen and oxygen atoms in total. The van der Waals surface area contributed by atoms with Gasteiger partial charge in [0.25, 0.3) is 0 Å². The van der Waals surface area contributed by atoms with Crippen LogP contribution in [0.5, 0.6) is 0 Å². The Morgan fingerprint density at radius 2 is 1.89 bits per heavy atom. The number of allylic oxidation sites excluding steroid dienone is 2. The maximum atomic E-state index is 12.9. The Kier molecular flexibility index (Phi) is 3.37. The number of hydrogen-bond donors (Lipinski definition) is 0. The molecule has 2 aromatic rings. The molecule has 2 aromatic heterocycles. The molecule has 0 bridgehead atoms. The van der Waals surface area contributed by atoms with Gasteiger partial charge in [-0.05, 0) is 25.2 Å². The first-order valence-electron chi connectivity index (χ1n) is 9.17. The van der Waals surface area contributed by atoms with Crippen LogP contribution in [-0.4, -0.2) is 30.3 Å². The zero-order chi connectivity index (χ0) is 19.8. The summed E-state index contributed by atoms with van der Waals surface area (Å²) >= 11 is 0. The molecule has 27 heavy (non-hydrogen) atoms. The molecule has 0 N–H and O–H groups in total. The summed E-state index contributed by atoms with van der Waals surface area (Å²) < 4.78 is 3.51. The van der Waals surface area contributed by atoms with Gasteiger partial charge in [-0.2, -0.15) is 10.4 Å². The van der Waals surface area contributed by atoms with Gasteiger partial charge >= 0.3 is 0 Å². The summed E-state index contributed by atoms with van der Waals surface area (Å²) in [5.41, 5.74) is 1.67. The predicted molar refractivity (Wildman–Crippen MR) is 99.5 cm³/mol. The van der Waals surface area contributed by atoms with Crippen molar-refractivity contribution >= 4 is 5.78 Å². The van der Waals surface area contributed by atoms with Gasteiger partial charge in [0, 0.05) is 30.5 Å². The van der Waals surface area contributed by atoms with Gasteiger partial charge in [0.1, 0.15) is 18.1 Å². The molecule has 0 spiro atoms. The number of aromatic nitrogens is 5. The van der Waals surface area contributed by atoms with Crippen LogP contribution in [0.25, 0.3) is 11.5 Å². The monoisotopic (exact) mass is 364 g/mol. The number of fused-ring (bicyclic) bond motifs is 3. The van der Waals surface area contributed by atoms with E-state index in [1.165, 1.54) is 0 Å². The van der Waals surface area contributed by atoms with E-state index in [9.17, 15) is 10.1 Å². The Balaban J connectivity index is 2.02. The third-order valence-electron chi connectivity index (χ3n) is 7.22. The Labute approximate surface area is 158 Å². The lowest BCUT2D eigenvalue weighted by Gasteiger charge is -2.57. The van der Waals surface area contributed by atoms with E-state index < -0.39 is 10.8 Å². The highest BCUT2D eigenvalue weighted by Gasteiger charge is 2.63. The minimum absolute atomic E-state index is 0.0732. The number of nitrogens with zero attached hydrogens (tertiary/aromatic N) is 6. The van der Waals surface area contributed by atoms with Crippen molar-refractivity contribution in [2.45, 2.75) is 46.0 Å². The molecule has 2 heterocycles. The van der Waals surface area contributed by atoms with Crippen molar-refractivity contribution in [3.63, 3.8) is 0 Å². The number of nitriles is 1. The van der Waals surface area contributed by atoms with Crippen molar-refractivity contribution in [2.75, 3.05) is 0 Å². The minimum atomic E-state index is -0.653. The number of Topliss-reactive ketones (excluding diaryl/α,β-unsaturated/α-hetero) is 1. The normalized spacial score (nSPS) is 28.9. The zero-order valence-electron chi connectivity index (χ0n) is 16.7. The van der Waals surface area contributed by atoms with Crippen LogP contribution in [-0.2, 0) is 30.7 Å². The molecule has 2 atom stereocenters. The maximum absolute atomic E-state index is 12.9. The Morgan fingerprint density at radius 3 is 2.48 bits per heavy atom. The first-order valence-corrected chi connectivity index (χ1v) is 9.17. The largest absolute Gasteiger partial charge is 0.293 e. The Bertz CT molecular complexity index is 1050. The first-order chi connectivity index (χ1) is 12.6. The quantitative estimate of drug-likeness (QED) is 0.775. The summed E-state index contributed by atoms with van der Waals surface area (Å²) in [4.78, 5) is 17.4. The van der Waals surface area contributed by atoms with Crippen molar-refractivity contribution < 1.29 is 4.79 Å². The third-order valence-corrected chi connectivity index (χ3v) is 7.22. The molecular formula is C20H24N6O. The summed E-state index contributed by atoms with van der Waals surface area (Å²) in [5, 5.41) is 18.9. The van der Waals surface area contributed by atoms with Crippen LogP contribution in [0.1, 0.15) is 45.4 Å². The van der Waals surface area contributed by atoms with Crippen molar-refractivity contribution in [2.24, 2.45) is 24.9 Å². The molecule has 2 aliphatic carbocycles. The summed E-state index contributed by atoms with van der Waals surface area (Å²) in [6, 6.07) is 2.12. The van der Waals surface area contributed by atoms with Crippen molar-refractivity contribution in [3.05, 3.63) is 29.2 Å². The number of ketones is 1. The molecule has 0 unspecified atom stereocenters. The van der Waals surface area contributed by atoms with E-state index in [0.29, 0.717) is 5.82 Å². The van der Waals surface area contributed by atoms with Crippen LogP contribution in [0.3, 0.4) is 0 Å². The summed E-state index contributed by atoms with van der Waals surface area (Å²) in [6.45, 7) is 8.20. The third kappa shape index (κ3) is 1.96. The number of hydrogen-bond acceptors (Lipinski definition) is 5. The molecule has 0 fully saturated rings. The molecule has 4 rings (SSSR count). The number of carbonyl (C=O) groups excluding carboxylic acids is 1. The fraction of sp³-hybridized carbons (Fsp3) is 0.550. The van der Waals surface area contributed by atoms with Crippen molar-refractivity contribution in [1.82, 2.24) is 24.5 Å². The van der Waals surface area contributed by atoms with E-state index in [2.05, 4.69) is 30.0 Å². The van der Waals surface area contributed by atoms with Gasteiger partial charge in [0.15, 0.2) is 11.6 Å². The number of carbonyl (C=O) groups is 1. The number of aryl methyl sites for hydroxylation is 2. The van der Waals surface area contributed by atoms with Gasteiger partial charge in [-0.15, -0.1) is 5.10 Å². The standard InChI is InChI=1S/C20H24N6O/c1-18(2)16(27)12(10-21)9-19(3)15-13(7-8-20(18,19)4)14(26(6)23-15)17-22-11-25(5)24-17/h9,11H,7-8H2,1-6H3/t19-,20+/m1/s1. The van der Waals surface area contributed by atoms with E-state index in [1.54, 1.807) is 11.0 Å². The van der Waals surface area contributed by atoms with E-state index >= 15 is 0 Å². The number of rotatable bonds is 1. The fourth-order valence-corrected chi connectivity index (χ4v) is 5.06.